The van der Waals surface area contributed by atoms with Gasteiger partial charge in [0.05, 0.1) is 5.56 Å². The van der Waals surface area contributed by atoms with Gasteiger partial charge in [-0.3, -0.25) is 4.79 Å². The lowest BCUT2D eigenvalue weighted by molar-refractivity contribution is 0.100. The highest BCUT2D eigenvalue weighted by Gasteiger charge is 2.25. The van der Waals surface area contributed by atoms with Gasteiger partial charge in [0.1, 0.15) is 12.4 Å². The quantitative estimate of drug-likeness (QED) is 0.728. The molecule has 2 nitrogen and oxygen atoms in total. The molecule has 20 heavy (non-hydrogen) atoms. The molecule has 0 saturated carbocycles. The maximum absolute atomic E-state index is 12.6. The third-order valence-corrected chi connectivity index (χ3v) is 4.35. The van der Waals surface area contributed by atoms with Gasteiger partial charge >= 0.3 is 0 Å². The van der Waals surface area contributed by atoms with Crippen LogP contribution in [0.5, 0.6) is 5.75 Å². The van der Waals surface area contributed by atoms with E-state index < -0.39 is 0 Å². The monoisotopic (exact) mass is 284 g/mol. The van der Waals surface area contributed by atoms with E-state index in [-0.39, 0.29) is 5.78 Å². The number of benzene rings is 1. The number of ketones is 1. The molecule has 0 bridgehead atoms. The van der Waals surface area contributed by atoms with Crippen LogP contribution in [0.15, 0.2) is 29.8 Å². The van der Waals surface area contributed by atoms with Gasteiger partial charge < -0.3 is 4.74 Å². The maximum Gasteiger partial charge on any atom is 0.196 e. The maximum atomic E-state index is 12.6. The second-order valence-corrected chi connectivity index (χ2v) is 6.51. The van der Waals surface area contributed by atoms with Crippen LogP contribution >= 0.6 is 11.3 Å². The first kappa shape index (κ1) is 13.1. The third-order valence-electron chi connectivity index (χ3n) is 3.40. The van der Waals surface area contributed by atoms with Crippen molar-refractivity contribution < 1.29 is 9.53 Å². The molecule has 0 amide bonds. The predicted molar refractivity (Wildman–Crippen MR) is 82.8 cm³/mol. The molecule has 2 aromatic rings. The highest BCUT2D eigenvalue weighted by molar-refractivity contribution is 7.12. The standard InChI is InChI=1S/C17H16O2S/c1-10-6-11(2)17-15(7-10)16(18)13(9-19-17)8-14-5-4-12(3)20-14/h4-8H,9H2,1-3H3/b13-8+. The fraction of sp³-hybridized carbons (Fsp3) is 0.235. The van der Waals surface area contributed by atoms with Crippen LogP contribution < -0.4 is 4.74 Å². The van der Waals surface area contributed by atoms with Crippen LogP contribution in [0.3, 0.4) is 0 Å². The zero-order valence-corrected chi connectivity index (χ0v) is 12.6. The Balaban J connectivity index is 2.03. The minimum atomic E-state index is 0.0871. The molecule has 0 atom stereocenters. The van der Waals surface area contributed by atoms with Crippen molar-refractivity contribution >= 4 is 23.2 Å². The van der Waals surface area contributed by atoms with E-state index in [1.54, 1.807) is 11.3 Å². The van der Waals surface area contributed by atoms with E-state index >= 15 is 0 Å². The number of rotatable bonds is 1. The molecule has 1 aromatic heterocycles. The number of carbonyl (C=O) groups excluding carboxylic acids is 1. The zero-order valence-electron chi connectivity index (χ0n) is 11.8. The number of ether oxygens (including phenoxy) is 1. The Hall–Kier alpha value is -1.87. The van der Waals surface area contributed by atoms with Crippen molar-refractivity contribution in [2.45, 2.75) is 20.8 Å². The van der Waals surface area contributed by atoms with Crippen molar-refractivity contribution in [1.29, 1.82) is 0 Å². The molecule has 0 aliphatic carbocycles. The van der Waals surface area contributed by atoms with Crippen molar-refractivity contribution in [3.05, 3.63) is 56.3 Å². The molecular weight excluding hydrogens is 268 g/mol. The van der Waals surface area contributed by atoms with Crippen LogP contribution in [0.4, 0.5) is 0 Å². The van der Waals surface area contributed by atoms with E-state index in [2.05, 4.69) is 13.0 Å². The van der Waals surface area contributed by atoms with E-state index in [0.29, 0.717) is 12.2 Å². The minimum absolute atomic E-state index is 0.0871. The number of hydrogen-bond donors (Lipinski definition) is 0. The van der Waals surface area contributed by atoms with E-state index in [4.69, 9.17) is 4.74 Å². The van der Waals surface area contributed by atoms with Gasteiger partial charge in [0.15, 0.2) is 5.78 Å². The first-order valence-electron chi connectivity index (χ1n) is 6.60. The molecule has 0 unspecified atom stereocenters. The lowest BCUT2D eigenvalue weighted by Gasteiger charge is -2.21. The SMILES string of the molecule is Cc1cc(C)c2c(c1)C(=O)/C(=C/c1ccc(C)s1)CO2. The van der Waals surface area contributed by atoms with E-state index in [9.17, 15) is 4.79 Å². The van der Waals surface area contributed by atoms with Crippen LogP contribution in [-0.4, -0.2) is 12.4 Å². The van der Waals surface area contributed by atoms with Crippen LogP contribution in [0.2, 0.25) is 0 Å². The number of Topliss-reactive ketones (excluding diaryl/α,β-unsaturated/α-hetero) is 1. The van der Waals surface area contributed by atoms with Gasteiger partial charge in [-0.25, -0.2) is 0 Å². The van der Waals surface area contributed by atoms with E-state index in [1.165, 1.54) is 4.88 Å². The summed E-state index contributed by atoms with van der Waals surface area (Å²) >= 11 is 1.69. The normalized spacial score (nSPS) is 16.1. The Kier molecular flexibility index (Phi) is 3.22. The van der Waals surface area contributed by atoms with Gasteiger partial charge in [-0.1, -0.05) is 6.07 Å². The van der Waals surface area contributed by atoms with Crippen molar-refractivity contribution in [2.75, 3.05) is 6.61 Å². The van der Waals surface area contributed by atoms with Crippen LogP contribution in [0.1, 0.15) is 31.2 Å². The summed E-state index contributed by atoms with van der Waals surface area (Å²) in [7, 11) is 0. The van der Waals surface area contributed by atoms with Gasteiger partial charge in [0.2, 0.25) is 0 Å². The number of aryl methyl sites for hydroxylation is 3. The van der Waals surface area contributed by atoms with Gasteiger partial charge in [0, 0.05) is 15.3 Å². The van der Waals surface area contributed by atoms with Crippen molar-refractivity contribution in [2.24, 2.45) is 0 Å². The summed E-state index contributed by atoms with van der Waals surface area (Å²) in [4.78, 5) is 14.9. The average molecular weight is 284 g/mol. The molecule has 0 spiro atoms. The Morgan fingerprint density at radius 2 is 2.00 bits per heavy atom. The molecule has 0 saturated heterocycles. The van der Waals surface area contributed by atoms with Crippen LogP contribution in [-0.2, 0) is 0 Å². The van der Waals surface area contributed by atoms with E-state index in [0.717, 1.165) is 27.3 Å². The van der Waals surface area contributed by atoms with Crippen molar-refractivity contribution in [3.63, 3.8) is 0 Å². The number of carbonyl (C=O) groups is 1. The molecule has 0 N–H and O–H groups in total. The number of hydrogen-bond acceptors (Lipinski definition) is 3. The number of thiophene rings is 1. The molecule has 1 aromatic carbocycles. The summed E-state index contributed by atoms with van der Waals surface area (Å²) in [5.41, 5.74) is 3.53. The van der Waals surface area contributed by atoms with Crippen LogP contribution in [0, 0.1) is 20.8 Å². The summed E-state index contributed by atoms with van der Waals surface area (Å²) in [6, 6.07) is 8.06. The summed E-state index contributed by atoms with van der Waals surface area (Å²) < 4.78 is 5.79. The largest absolute Gasteiger partial charge is 0.488 e. The predicted octanol–water partition coefficient (Wildman–Crippen LogP) is 4.33. The molecular formula is C17H16O2S. The van der Waals surface area contributed by atoms with Gasteiger partial charge in [-0.2, -0.15) is 0 Å². The summed E-state index contributed by atoms with van der Waals surface area (Å²) in [5, 5.41) is 0. The molecule has 0 fully saturated rings. The van der Waals surface area contributed by atoms with Gasteiger partial charge in [-0.15, -0.1) is 11.3 Å². The molecule has 3 heteroatoms. The van der Waals surface area contributed by atoms with E-state index in [1.807, 2.05) is 38.1 Å². The second-order valence-electron chi connectivity index (χ2n) is 5.19. The fourth-order valence-electron chi connectivity index (χ4n) is 2.51. The van der Waals surface area contributed by atoms with Gasteiger partial charge in [0.25, 0.3) is 0 Å². The highest BCUT2D eigenvalue weighted by atomic mass is 32.1. The Labute approximate surface area is 122 Å². The van der Waals surface area contributed by atoms with Gasteiger partial charge in [-0.05, 0) is 56.2 Å². The lowest BCUT2D eigenvalue weighted by Crippen LogP contribution is -2.20. The summed E-state index contributed by atoms with van der Waals surface area (Å²) in [6.07, 6.45) is 1.95. The third kappa shape index (κ3) is 2.29. The van der Waals surface area contributed by atoms with Crippen molar-refractivity contribution in [1.82, 2.24) is 0 Å². The lowest BCUT2D eigenvalue weighted by atomic mass is 9.95. The molecule has 1 aliphatic rings. The fourth-order valence-corrected chi connectivity index (χ4v) is 3.36. The average Bonchev–Trinajstić information content (AvgIpc) is 2.79. The number of fused-ring (bicyclic) bond motifs is 1. The van der Waals surface area contributed by atoms with Crippen LogP contribution in [0.25, 0.3) is 6.08 Å². The molecule has 0 radical (unpaired) electrons. The molecule has 102 valence electrons. The summed E-state index contributed by atoms with van der Waals surface area (Å²) in [6.45, 7) is 6.40. The smallest absolute Gasteiger partial charge is 0.196 e. The Morgan fingerprint density at radius 1 is 1.20 bits per heavy atom. The minimum Gasteiger partial charge on any atom is -0.488 e. The second kappa shape index (κ2) is 4.91. The molecule has 2 heterocycles. The first-order chi connectivity index (χ1) is 9.54. The Morgan fingerprint density at radius 3 is 2.70 bits per heavy atom. The zero-order chi connectivity index (χ0) is 14.3. The summed E-state index contributed by atoms with van der Waals surface area (Å²) in [5.74, 6) is 0.823. The highest BCUT2D eigenvalue weighted by Crippen LogP contribution is 2.32. The topological polar surface area (TPSA) is 26.3 Å². The first-order valence-corrected chi connectivity index (χ1v) is 7.42. The molecule has 3 rings (SSSR count). The Bertz CT molecular complexity index is 723. The molecule has 1 aliphatic heterocycles. The van der Waals surface area contributed by atoms with Crippen molar-refractivity contribution in [3.8, 4) is 5.75 Å².